The summed E-state index contributed by atoms with van der Waals surface area (Å²) in [7, 11) is -1.35. The SMILES string of the molecule is CO[C@]1(CO)O[C@@H](n2ccc(N)nc2=O)C(F)C1O[P+](=O)S. The van der Waals surface area contributed by atoms with Crippen LogP contribution in [0, 0.1) is 0 Å². The van der Waals surface area contributed by atoms with Crippen molar-refractivity contribution in [3.05, 3.63) is 22.7 Å². The number of rotatable bonds is 5. The highest BCUT2D eigenvalue weighted by atomic mass is 32.7. The number of aromatic nitrogens is 2. The number of hydrogen-bond acceptors (Lipinski definition) is 8. The van der Waals surface area contributed by atoms with Gasteiger partial charge in [-0.1, -0.05) is 0 Å². The van der Waals surface area contributed by atoms with Crippen molar-refractivity contribution in [3.8, 4) is 0 Å². The van der Waals surface area contributed by atoms with Crippen molar-refractivity contribution in [3.63, 3.8) is 0 Å². The normalized spacial score (nSPS) is 32.2. The van der Waals surface area contributed by atoms with E-state index in [4.69, 9.17) is 19.7 Å². The van der Waals surface area contributed by atoms with Crippen LogP contribution in [0.25, 0.3) is 0 Å². The maximum absolute atomic E-state index is 14.6. The Kier molecular flexibility index (Phi) is 5.15. The molecule has 22 heavy (non-hydrogen) atoms. The minimum Gasteiger partial charge on any atom is -0.391 e. The van der Waals surface area contributed by atoms with Gasteiger partial charge in [0.25, 0.3) is 0 Å². The summed E-state index contributed by atoms with van der Waals surface area (Å²) in [5, 5.41) is 9.46. The largest absolute Gasteiger partial charge is 0.582 e. The Hall–Kier alpha value is -1.10. The average Bonchev–Trinajstić information content (AvgIpc) is 2.73. The van der Waals surface area contributed by atoms with Gasteiger partial charge in [0.1, 0.15) is 24.7 Å². The van der Waals surface area contributed by atoms with Crippen LogP contribution in [0.2, 0.25) is 0 Å². The number of hydrogen-bond donors (Lipinski definition) is 3. The number of ether oxygens (including phenoxy) is 2. The van der Waals surface area contributed by atoms with Gasteiger partial charge in [0.15, 0.2) is 12.4 Å². The molecule has 1 aromatic rings. The molecule has 0 aromatic carbocycles. The van der Waals surface area contributed by atoms with Crippen molar-refractivity contribution >= 4 is 25.3 Å². The molecule has 1 fully saturated rings. The second-order valence-corrected chi connectivity index (χ2v) is 6.10. The predicted molar refractivity (Wildman–Crippen MR) is 76.2 cm³/mol. The highest BCUT2D eigenvalue weighted by molar-refractivity contribution is 8.39. The molecule has 5 atom stereocenters. The summed E-state index contributed by atoms with van der Waals surface area (Å²) in [6.45, 7) is -0.792. The lowest BCUT2D eigenvalue weighted by Crippen LogP contribution is -2.47. The Balaban J connectivity index is 2.42. The van der Waals surface area contributed by atoms with Crippen LogP contribution in [0.4, 0.5) is 10.2 Å². The molecule has 0 aliphatic carbocycles. The van der Waals surface area contributed by atoms with Gasteiger partial charge in [-0.2, -0.15) is 4.98 Å². The molecule has 1 aliphatic heterocycles. The number of thiol groups is 1. The summed E-state index contributed by atoms with van der Waals surface area (Å²) >= 11 is 3.55. The van der Waals surface area contributed by atoms with Gasteiger partial charge in [0.2, 0.25) is 11.9 Å². The Morgan fingerprint density at radius 2 is 2.41 bits per heavy atom. The van der Waals surface area contributed by atoms with Crippen molar-refractivity contribution in [2.45, 2.75) is 24.3 Å². The van der Waals surface area contributed by atoms with Gasteiger partial charge >= 0.3 is 12.9 Å². The topological polar surface area (TPSA) is 126 Å². The smallest absolute Gasteiger partial charge is 0.391 e. The molecular formula is C10H14FN3O6PS+. The van der Waals surface area contributed by atoms with Crippen LogP contribution in [0.3, 0.4) is 0 Å². The summed E-state index contributed by atoms with van der Waals surface area (Å²) < 4.78 is 41.8. The number of nitrogen functional groups attached to an aromatic ring is 1. The van der Waals surface area contributed by atoms with Crippen LogP contribution >= 0.6 is 19.5 Å². The summed E-state index contributed by atoms with van der Waals surface area (Å²) in [4.78, 5) is 15.3. The lowest BCUT2D eigenvalue weighted by molar-refractivity contribution is -0.265. The molecule has 0 radical (unpaired) electrons. The van der Waals surface area contributed by atoms with E-state index in [-0.39, 0.29) is 5.82 Å². The quantitative estimate of drug-likeness (QED) is 0.498. The summed E-state index contributed by atoms with van der Waals surface area (Å²) in [6.07, 6.45) is -3.84. The van der Waals surface area contributed by atoms with Crippen molar-refractivity contribution in [1.82, 2.24) is 9.55 Å². The number of aliphatic hydroxyl groups is 1. The van der Waals surface area contributed by atoms with Gasteiger partial charge in [0.05, 0.1) is 0 Å². The molecule has 12 heteroatoms. The molecule has 1 saturated heterocycles. The minimum absolute atomic E-state index is 0.0407. The van der Waals surface area contributed by atoms with Gasteiger partial charge in [-0.3, -0.25) is 4.57 Å². The highest BCUT2D eigenvalue weighted by Crippen LogP contribution is 2.45. The highest BCUT2D eigenvalue weighted by Gasteiger charge is 2.61. The lowest BCUT2D eigenvalue weighted by atomic mass is 10.1. The Bertz CT molecular complexity index is 627. The third-order valence-corrected chi connectivity index (χ3v) is 3.90. The Labute approximate surface area is 130 Å². The van der Waals surface area contributed by atoms with E-state index in [0.717, 1.165) is 11.7 Å². The second kappa shape index (κ2) is 6.57. The van der Waals surface area contributed by atoms with Gasteiger partial charge in [0, 0.05) is 13.3 Å². The first-order valence-electron chi connectivity index (χ1n) is 6.00. The van der Waals surface area contributed by atoms with Crippen LogP contribution in [0.1, 0.15) is 6.23 Å². The first-order valence-corrected chi connectivity index (χ1v) is 8.33. The molecule has 2 rings (SSSR count). The van der Waals surface area contributed by atoms with Gasteiger partial charge in [-0.15, -0.1) is 4.52 Å². The van der Waals surface area contributed by atoms with E-state index in [1.54, 1.807) is 0 Å². The zero-order chi connectivity index (χ0) is 16.5. The fraction of sp³-hybridized carbons (Fsp3) is 0.600. The van der Waals surface area contributed by atoms with Crippen molar-refractivity contribution in [1.29, 1.82) is 0 Å². The fourth-order valence-electron chi connectivity index (χ4n) is 2.15. The van der Waals surface area contributed by atoms with Crippen LogP contribution in [-0.4, -0.2) is 46.4 Å². The molecule has 3 N–H and O–H groups in total. The van der Waals surface area contributed by atoms with Gasteiger partial charge < -0.3 is 20.3 Å². The molecular weight excluding hydrogens is 340 g/mol. The Morgan fingerprint density at radius 3 is 2.91 bits per heavy atom. The number of nitrogens with zero attached hydrogens (tertiary/aromatic N) is 2. The van der Waals surface area contributed by atoms with E-state index in [1.165, 1.54) is 12.3 Å². The molecule has 0 saturated carbocycles. The fourth-order valence-corrected chi connectivity index (χ4v) is 2.93. The van der Waals surface area contributed by atoms with E-state index in [2.05, 4.69) is 17.2 Å². The standard InChI is InChI=1S/C10H13FN3O6PS/c1-18-10(4-15)7(20-21(17)22)6(11)8(19-10)14-3-2-5(12)13-9(14)16/h2-3,6-8,15H,4H2,1H3,(H2-,12,13,16,17,22)/p+1/t6?,7?,8-,10-/m1/s1. The summed E-state index contributed by atoms with van der Waals surface area (Å²) in [6, 6.07) is 1.28. The molecule has 122 valence electrons. The molecule has 1 aromatic heterocycles. The molecule has 0 amide bonds. The molecule has 0 bridgehead atoms. The number of anilines is 1. The average molecular weight is 354 g/mol. The maximum Gasteiger partial charge on any atom is 0.582 e. The number of halogens is 1. The summed E-state index contributed by atoms with van der Waals surface area (Å²) in [5.74, 6) is -1.97. The van der Waals surface area contributed by atoms with Crippen molar-refractivity contribution in [2.75, 3.05) is 19.5 Å². The van der Waals surface area contributed by atoms with Crippen LogP contribution in [-0.2, 0) is 18.6 Å². The minimum atomic E-state index is -2.50. The van der Waals surface area contributed by atoms with E-state index in [0.29, 0.717) is 0 Å². The number of aliphatic hydroxyl groups excluding tert-OH is 1. The van der Waals surface area contributed by atoms with Crippen molar-refractivity contribution < 1.29 is 28.1 Å². The zero-order valence-corrected chi connectivity index (χ0v) is 13.1. The summed E-state index contributed by atoms with van der Waals surface area (Å²) in [5.41, 5.74) is 4.51. The number of methoxy groups -OCH3 is 1. The third kappa shape index (κ3) is 3.00. The van der Waals surface area contributed by atoms with Crippen molar-refractivity contribution in [2.24, 2.45) is 0 Å². The van der Waals surface area contributed by atoms with E-state index < -0.39 is 43.8 Å². The number of nitrogens with two attached hydrogens (primary N) is 1. The maximum atomic E-state index is 14.6. The molecule has 1 aliphatic rings. The molecule has 9 nitrogen and oxygen atoms in total. The number of alkyl halides is 1. The zero-order valence-electron chi connectivity index (χ0n) is 11.3. The lowest BCUT2D eigenvalue weighted by Gasteiger charge is -2.27. The van der Waals surface area contributed by atoms with Gasteiger partial charge in [-0.25, -0.2) is 9.18 Å². The van der Waals surface area contributed by atoms with E-state index in [9.17, 15) is 18.9 Å². The van der Waals surface area contributed by atoms with E-state index >= 15 is 0 Å². The molecule has 2 heterocycles. The molecule has 3 unspecified atom stereocenters. The monoisotopic (exact) mass is 354 g/mol. The van der Waals surface area contributed by atoms with Crippen LogP contribution < -0.4 is 11.4 Å². The molecule has 0 spiro atoms. The van der Waals surface area contributed by atoms with Crippen LogP contribution in [0.5, 0.6) is 0 Å². The first kappa shape index (κ1) is 17.3. The van der Waals surface area contributed by atoms with E-state index in [1.807, 2.05) is 0 Å². The first-order chi connectivity index (χ1) is 10.3. The third-order valence-electron chi connectivity index (χ3n) is 3.21. The Morgan fingerprint density at radius 1 is 1.73 bits per heavy atom. The van der Waals surface area contributed by atoms with Gasteiger partial charge in [-0.05, 0) is 10.6 Å². The second-order valence-electron chi connectivity index (χ2n) is 4.43. The van der Waals surface area contributed by atoms with Crippen LogP contribution in [0.15, 0.2) is 17.1 Å². The predicted octanol–water partition coefficient (Wildman–Crippen LogP) is -0.000200.